The van der Waals surface area contributed by atoms with Crippen LogP contribution in [0, 0.1) is 11.8 Å². The maximum Gasteiger partial charge on any atom is 0.410 e. The number of ether oxygens (including phenoxy) is 1. The van der Waals surface area contributed by atoms with Crippen molar-refractivity contribution >= 4 is 6.09 Å². The molecule has 1 aliphatic carbocycles. The lowest BCUT2D eigenvalue weighted by Gasteiger charge is -2.26. The highest BCUT2D eigenvalue weighted by Crippen LogP contribution is 2.45. The van der Waals surface area contributed by atoms with Crippen LogP contribution in [0.15, 0.2) is 12.4 Å². The summed E-state index contributed by atoms with van der Waals surface area (Å²) in [5.74, 6) is 2.18. The van der Waals surface area contributed by atoms with Crippen molar-refractivity contribution in [2.24, 2.45) is 18.9 Å². The van der Waals surface area contributed by atoms with Crippen molar-refractivity contribution < 1.29 is 9.53 Å². The van der Waals surface area contributed by atoms with E-state index in [1.54, 1.807) is 0 Å². The standard InChI is InChI=1S/C15H24N4O2/c1-15(2,3)21-14(20)19-8-10-11(9-19)13(10)17-7-12-16-5-6-18(12)4/h5-6,10-11,13,17H,7-9H2,1-4H3. The Bertz CT molecular complexity index is 522. The summed E-state index contributed by atoms with van der Waals surface area (Å²) in [7, 11) is 2.00. The molecule has 2 heterocycles. The van der Waals surface area contributed by atoms with E-state index in [1.165, 1.54) is 0 Å². The summed E-state index contributed by atoms with van der Waals surface area (Å²) >= 11 is 0. The lowest BCUT2D eigenvalue weighted by molar-refractivity contribution is 0.0269. The van der Waals surface area contributed by atoms with Crippen molar-refractivity contribution in [2.45, 2.75) is 39.0 Å². The van der Waals surface area contributed by atoms with E-state index in [9.17, 15) is 4.79 Å². The van der Waals surface area contributed by atoms with Gasteiger partial charge in [0.15, 0.2) is 0 Å². The number of nitrogens with one attached hydrogen (secondary N) is 1. The summed E-state index contributed by atoms with van der Waals surface area (Å²) in [4.78, 5) is 18.1. The zero-order valence-corrected chi connectivity index (χ0v) is 13.2. The molecule has 6 nitrogen and oxygen atoms in total. The summed E-state index contributed by atoms with van der Waals surface area (Å²) in [5.41, 5.74) is -0.417. The molecule has 1 amide bonds. The maximum absolute atomic E-state index is 12.0. The number of fused-ring (bicyclic) bond motifs is 1. The fourth-order valence-corrected chi connectivity index (χ4v) is 3.08. The Hall–Kier alpha value is -1.56. The monoisotopic (exact) mass is 292 g/mol. The first kappa shape index (κ1) is 14.4. The van der Waals surface area contributed by atoms with Crippen molar-refractivity contribution in [3.63, 3.8) is 0 Å². The number of likely N-dealkylation sites (tertiary alicyclic amines) is 1. The molecule has 1 N–H and O–H groups in total. The van der Waals surface area contributed by atoms with Gasteiger partial charge in [0.25, 0.3) is 0 Å². The van der Waals surface area contributed by atoms with Crippen LogP contribution < -0.4 is 5.32 Å². The van der Waals surface area contributed by atoms with Crippen LogP contribution in [0.1, 0.15) is 26.6 Å². The zero-order valence-electron chi connectivity index (χ0n) is 13.2. The second kappa shape index (κ2) is 5.02. The molecule has 0 bridgehead atoms. The SMILES string of the molecule is Cn1ccnc1CNC1C2CN(C(=O)OC(C)(C)C)CC21. The normalized spacial score (nSPS) is 27.6. The molecular weight excluding hydrogens is 268 g/mol. The van der Waals surface area contributed by atoms with E-state index in [-0.39, 0.29) is 6.09 Å². The highest BCUT2D eigenvalue weighted by atomic mass is 16.6. The Morgan fingerprint density at radius 3 is 2.62 bits per heavy atom. The quantitative estimate of drug-likeness (QED) is 0.914. The van der Waals surface area contributed by atoms with Gasteiger partial charge >= 0.3 is 6.09 Å². The Morgan fingerprint density at radius 1 is 1.43 bits per heavy atom. The first-order valence-electron chi connectivity index (χ1n) is 7.52. The largest absolute Gasteiger partial charge is 0.444 e. The number of hydrogen-bond donors (Lipinski definition) is 1. The second-order valence-corrected chi connectivity index (χ2v) is 7.07. The number of nitrogens with zero attached hydrogens (tertiary/aromatic N) is 3. The van der Waals surface area contributed by atoms with Gasteiger partial charge in [0.1, 0.15) is 11.4 Å². The summed E-state index contributed by atoms with van der Waals surface area (Å²) in [5, 5.41) is 3.55. The Labute approximate surface area is 125 Å². The van der Waals surface area contributed by atoms with E-state index in [0.29, 0.717) is 17.9 Å². The number of piperidine rings is 1. The molecule has 116 valence electrons. The van der Waals surface area contributed by atoms with Gasteiger partial charge in [-0.15, -0.1) is 0 Å². The Balaban J connectivity index is 1.44. The van der Waals surface area contributed by atoms with Gasteiger partial charge in [-0.3, -0.25) is 0 Å². The van der Waals surface area contributed by atoms with E-state index >= 15 is 0 Å². The zero-order chi connectivity index (χ0) is 15.2. The lowest BCUT2D eigenvalue weighted by Crippen LogP contribution is -2.39. The van der Waals surface area contributed by atoms with Gasteiger partial charge in [0.05, 0.1) is 6.54 Å². The summed E-state index contributed by atoms with van der Waals surface area (Å²) in [6.45, 7) is 8.10. The van der Waals surface area contributed by atoms with Crippen molar-refractivity contribution in [2.75, 3.05) is 13.1 Å². The number of carbonyl (C=O) groups excluding carboxylic acids is 1. The van der Waals surface area contributed by atoms with Crippen LogP contribution in [0.5, 0.6) is 0 Å². The van der Waals surface area contributed by atoms with Crippen LogP contribution in [-0.4, -0.2) is 45.3 Å². The Kier molecular flexibility index (Phi) is 3.43. The number of amides is 1. The van der Waals surface area contributed by atoms with Gasteiger partial charge in [-0.2, -0.15) is 0 Å². The fourth-order valence-electron chi connectivity index (χ4n) is 3.08. The minimum atomic E-state index is -0.417. The molecule has 21 heavy (non-hydrogen) atoms. The lowest BCUT2D eigenvalue weighted by atomic mass is 10.2. The Morgan fingerprint density at radius 2 is 2.10 bits per heavy atom. The number of aromatic nitrogens is 2. The number of aryl methyl sites for hydroxylation is 1. The first-order chi connectivity index (χ1) is 9.85. The minimum absolute atomic E-state index is 0.183. The van der Waals surface area contributed by atoms with E-state index in [4.69, 9.17) is 4.74 Å². The predicted octanol–water partition coefficient (Wildman–Crippen LogP) is 1.37. The number of hydrogen-bond acceptors (Lipinski definition) is 4. The van der Waals surface area contributed by atoms with Crippen LogP contribution in [0.4, 0.5) is 4.79 Å². The van der Waals surface area contributed by atoms with Gasteiger partial charge in [0.2, 0.25) is 0 Å². The predicted molar refractivity (Wildman–Crippen MR) is 78.6 cm³/mol. The number of carbonyl (C=O) groups is 1. The first-order valence-corrected chi connectivity index (χ1v) is 7.52. The molecule has 0 spiro atoms. The van der Waals surface area contributed by atoms with Gasteiger partial charge in [-0.1, -0.05) is 0 Å². The third-order valence-corrected chi connectivity index (χ3v) is 4.26. The minimum Gasteiger partial charge on any atom is -0.444 e. The summed E-state index contributed by atoms with van der Waals surface area (Å²) < 4.78 is 7.44. The van der Waals surface area contributed by atoms with Gasteiger partial charge in [-0.25, -0.2) is 9.78 Å². The van der Waals surface area contributed by atoms with E-state index in [1.807, 2.05) is 49.7 Å². The molecule has 1 saturated heterocycles. The molecule has 2 unspecified atom stereocenters. The number of rotatable bonds is 3. The van der Waals surface area contributed by atoms with Crippen LogP contribution >= 0.6 is 0 Å². The van der Waals surface area contributed by atoms with E-state index in [2.05, 4.69) is 10.3 Å². The van der Waals surface area contributed by atoms with Crippen molar-refractivity contribution in [3.8, 4) is 0 Å². The molecule has 1 aromatic rings. The smallest absolute Gasteiger partial charge is 0.410 e. The molecule has 2 fully saturated rings. The van der Waals surface area contributed by atoms with E-state index in [0.717, 1.165) is 25.5 Å². The average molecular weight is 292 g/mol. The summed E-state index contributed by atoms with van der Waals surface area (Å²) in [6, 6.07) is 0.514. The highest BCUT2D eigenvalue weighted by molar-refractivity contribution is 5.69. The third kappa shape index (κ3) is 3.05. The van der Waals surface area contributed by atoms with Gasteiger partial charge in [0, 0.05) is 38.6 Å². The highest BCUT2D eigenvalue weighted by Gasteiger charge is 2.56. The molecule has 2 atom stereocenters. The van der Waals surface area contributed by atoms with Crippen LogP contribution in [-0.2, 0) is 18.3 Å². The van der Waals surface area contributed by atoms with Crippen molar-refractivity contribution in [1.29, 1.82) is 0 Å². The maximum atomic E-state index is 12.0. The van der Waals surface area contributed by atoms with Crippen molar-refractivity contribution in [3.05, 3.63) is 18.2 Å². The van der Waals surface area contributed by atoms with Crippen LogP contribution in [0.3, 0.4) is 0 Å². The molecule has 1 aliphatic heterocycles. The molecule has 6 heteroatoms. The molecule has 0 radical (unpaired) electrons. The molecule has 1 aromatic heterocycles. The second-order valence-electron chi connectivity index (χ2n) is 7.07. The number of imidazole rings is 1. The third-order valence-electron chi connectivity index (χ3n) is 4.26. The van der Waals surface area contributed by atoms with Crippen LogP contribution in [0.25, 0.3) is 0 Å². The van der Waals surface area contributed by atoms with E-state index < -0.39 is 5.60 Å². The topological polar surface area (TPSA) is 59.4 Å². The van der Waals surface area contributed by atoms with Gasteiger partial charge < -0.3 is 19.5 Å². The average Bonchev–Trinajstić information content (AvgIpc) is 2.77. The molecule has 1 saturated carbocycles. The molecule has 2 aliphatic rings. The van der Waals surface area contributed by atoms with Crippen molar-refractivity contribution in [1.82, 2.24) is 19.8 Å². The summed E-state index contributed by atoms with van der Waals surface area (Å²) in [6.07, 6.45) is 3.58. The molecule has 3 rings (SSSR count). The van der Waals surface area contributed by atoms with Crippen LogP contribution in [0.2, 0.25) is 0 Å². The molecule has 0 aromatic carbocycles. The fraction of sp³-hybridized carbons (Fsp3) is 0.733. The van der Waals surface area contributed by atoms with Gasteiger partial charge in [-0.05, 0) is 32.6 Å². The molecular formula is C15H24N4O2.